The van der Waals surface area contributed by atoms with Gasteiger partial charge in [-0.1, -0.05) is 60.3 Å². The van der Waals surface area contributed by atoms with Crippen molar-refractivity contribution >= 4 is 34.4 Å². The van der Waals surface area contributed by atoms with E-state index in [1.807, 2.05) is 48.5 Å². The lowest BCUT2D eigenvalue weighted by atomic mass is 10.2. The fraction of sp³-hybridized carbons (Fsp3) is 0.211. The van der Waals surface area contributed by atoms with Gasteiger partial charge in [0.05, 0.1) is 0 Å². The minimum Gasteiger partial charge on any atom is -0.326 e. The molecule has 0 spiro atoms. The van der Waals surface area contributed by atoms with Crippen LogP contribution in [-0.2, 0) is 16.0 Å². The Morgan fingerprint density at radius 2 is 1.76 bits per heavy atom. The van der Waals surface area contributed by atoms with Crippen molar-refractivity contribution < 1.29 is 9.59 Å². The summed E-state index contributed by atoms with van der Waals surface area (Å²) in [5, 5.41) is 5.71. The number of benzene rings is 2. The van der Waals surface area contributed by atoms with Gasteiger partial charge in [-0.25, -0.2) is 0 Å². The Balaban J connectivity index is 1.48. The van der Waals surface area contributed by atoms with Gasteiger partial charge in [0.25, 0.3) is 0 Å². The third kappa shape index (κ3) is 5.19. The van der Waals surface area contributed by atoms with E-state index in [9.17, 15) is 9.59 Å². The van der Waals surface area contributed by atoms with E-state index >= 15 is 0 Å². The van der Waals surface area contributed by atoms with Crippen LogP contribution < -0.4 is 10.6 Å². The van der Waals surface area contributed by atoms with Crippen LogP contribution in [0, 0.1) is 0 Å². The summed E-state index contributed by atoms with van der Waals surface area (Å²) in [6.45, 7) is 0.607. The first-order valence-electron chi connectivity index (χ1n) is 8.11. The number of rotatable bonds is 6. The van der Waals surface area contributed by atoms with Gasteiger partial charge in [-0.05, 0) is 24.1 Å². The van der Waals surface area contributed by atoms with E-state index in [0.717, 1.165) is 12.1 Å². The highest BCUT2D eigenvalue weighted by Gasteiger charge is 2.31. The van der Waals surface area contributed by atoms with Crippen LogP contribution in [-0.4, -0.2) is 28.8 Å². The number of nitrogens with one attached hydrogen (secondary N) is 2. The van der Waals surface area contributed by atoms with Gasteiger partial charge in [-0.3, -0.25) is 14.6 Å². The van der Waals surface area contributed by atoms with Crippen LogP contribution in [0.1, 0.15) is 12.0 Å². The number of anilines is 1. The number of aliphatic imine (C=N–C) groups is 1. The third-order valence-electron chi connectivity index (χ3n) is 3.70. The highest BCUT2D eigenvalue weighted by Crippen LogP contribution is 2.23. The number of thioether (sulfide) groups is 1. The number of para-hydroxylation sites is 1. The molecule has 0 radical (unpaired) electrons. The molecular formula is C19H19N3O2S. The van der Waals surface area contributed by atoms with Gasteiger partial charge in [0.2, 0.25) is 11.8 Å². The molecule has 25 heavy (non-hydrogen) atoms. The SMILES string of the molecule is O=C(C[C@H]1SC(=NCCc2ccccc2)NC1=O)Nc1ccccc1. The second kappa shape index (κ2) is 8.48. The summed E-state index contributed by atoms with van der Waals surface area (Å²) in [5.41, 5.74) is 1.94. The first-order chi connectivity index (χ1) is 12.2. The van der Waals surface area contributed by atoms with Crippen molar-refractivity contribution in [1.82, 2.24) is 5.32 Å². The van der Waals surface area contributed by atoms with Gasteiger partial charge in [-0.2, -0.15) is 0 Å². The Morgan fingerprint density at radius 1 is 1.08 bits per heavy atom. The summed E-state index contributed by atoms with van der Waals surface area (Å²) in [4.78, 5) is 28.5. The zero-order valence-corrected chi connectivity index (χ0v) is 14.5. The molecule has 0 saturated carbocycles. The van der Waals surface area contributed by atoms with Gasteiger partial charge in [0.15, 0.2) is 5.17 Å². The van der Waals surface area contributed by atoms with E-state index in [1.165, 1.54) is 17.3 Å². The van der Waals surface area contributed by atoms with Crippen molar-refractivity contribution in [3.63, 3.8) is 0 Å². The molecule has 0 bridgehead atoms. The minimum absolute atomic E-state index is 0.128. The Bertz CT molecular complexity index is 763. The summed E-state index contributed by atoms with van der Waals surface area (Å²) in [7, 11) is 0. The fourth-order valence-electron chi connectivity index (χ4n) is 2.45. The van der Waals surface area contributed by atoms with Crippen molar-refractivity contribution in [2.24, 2.45) is 4.99 Å². The lowest BCUT2D eigenvalue weighted by Gasteiger charge is -2.07. The number of hydrogen-bond acceptors (Lipinski definition) is 4. The topological polar surface area (TPSA) is 70.6 Å². The molecule has 6 heteroatoms. The average Bonchev–Trinajstić information content (AvgIpc) is 2.96. The van der Waals surface area contributed by atoms with Crippen LogP contribution in [0.15, 0.2) is 65.7 Å². The van der Waals surface area contributed by atoms with Gasteiger partial charge >= 0.3 is 0 Å². The minimum atomic E-state index is -0.431. The summed E-state index contributed by atoms with van der Waals surface area (Å²) in [6.07, 6.45) is 0.947. The van der Waals surface area contributed by atoms with Crippen LogP contribution in [0.5, 0.6) is 0 Å². The Labute approximate surface area is 150 Å². The van der Waals surface area contributed by atoms with Crippen molar-refractivity contribution in [1.29, 1.82) is 0 Å². The summed E-state index contributed by atoms with van der Waals surface area (Å²) in [6, 6.07) is 19.3. The Hall–Kier alpha value is -2.60. The number of amides is 2. The maximum absolute atomic E-state index is 12.1. The molecule has 1 fully saturated rings. The number of hydrogen-bond donors (Lipinski definition) is 2. The van der Waals surface area contributed by atoms with E-state index in [2.05, 4.69) is 27.8 Å². The van der Waals surface area contributed by atoms with Gasteiger partial charge < -0.3 is 10.6 Å². The molecular weight excluding hydrogens is 334 g/mol. The molecule has 2 aromatic rings. The molecule has 1 atom stereocenters. The highest BCUT2D eigenvalue weighted by molar-refractivity contribution is 8.15. The van der Waals surface area contributed by atoms with E-state index in [-0.39, 0.29) is 18.2 Å². The second-order valence-electron chi connectivity index (χ2n) is 5.64. The van der Waals surface area contributed by atoms with E-state index < -0.39 is 5.25 Å². The average molecular weight is 353 g/mol. The normalized spacial score (nSPS) is 18.2. The van der Waals surface area contributed by atoms with Crippen molar-refractivity contribution in [3.05, 3.63) is 66.2 Å². The molecule has 0 aromatic heterocycles. The van der Waals surface area contributed by atoms with E-state index in [4.69, 9.17) is 0 Å². The van der Waals surface area contributed by atoms with Gasteiger partial charge in [-0.15, -0.1) is 0 Å². The molecule has 2 aromatic carbocycles. The molecule has 3 rings (SSSR count). The van der Waals surface area contributed by atoms with Crippen molar-refractivity contribution in [2.45, 2.75) is 18.1 Å². The summed E-state index contributed by atoms with van der Waals surface area (Å²) >= 11 is 1.32. The lowest BCUT2D eigenvalue weighted by molar-refractivity contribution is -0.122. The van der Waals surface area contributed by atoms with E-state index in [1.54, 1.807) is 0 Å². The number of nitrogens with zero attached hydrogens (tertiary/aromatic N) is 1. The molecule has 1 saturated heterocycles. The molecule has 2 amide bonds. The molecule has 5 nitrogen and oxygen atoms in total. The maximum atomic E-state index is 12.1. The van der Waals surface area contributed by atoms with Crippen molar-refractivity contribution in [2.75, 3.05) is 11.9 Å². The van der Waals surface area contributed by atoms with Crippen molar-refractivity contribution in [3.8, 4) is 0 Å². The van der Waals surface area contributed by atoms with Crippen LogP contribution in [0.2, 0.25) is 0 Å². The summed E-state index contributed by atoms with van der Waals surface area (Å²) < 4.78 is 0. The first-order valence-corrected chi connectivity index (χ1v) is 8.99. The Kier molecular flexibility index (Phi) is 5.85. The molecule has 0 unspecified atom stereocenters. The standard InChI is InChI=1S/C19H19N3O2S/c23-17(21-15-9-5-2-6-10-15)13-16-18(24)22-19(25-16)20-12-11-14-7-3-1-4-8-14/h1-10,16H,11-13H2,(H,21,23)(H,20,22,24)/t16-/m1/s1. The lowest BCUT2D eigenvalue weighted by Crippen LogP contribution is -2.28. The Morgan fingerprint density at radius 3 is 2.48 bits per heavy atom. The second-order valence-corrected chi connectivity index (χ2v) is 6.83. The molecule has 1 aliphatic heterocycles. The largest absolute Gasteiger partial charge is 0.326 e. The predicted octanol–water partition coefficient (Wildman–Crippen LogP) is 2.85. The number of carbonyl (C=O) groups excluding carboxylic acids is 2. The molecule has 2 N–H and O–H groups in total. The molecule has 1 aliphatic rings. The number of carbonyl (C=O) groups is 2. The molecule has 128 valence electrons. The molecule has 0 aliphatic carbocycles. The monoisotopic (exact) mass is 353 g/mol. The van der Waals surface area contributed by atoms with Crippen LogP contribution in [0.3, 0.4) is 0 Å². The highest BCUT2D eigenvalue weighted by atomic mass is 32.2. The molecule has 1 heterocycles. The predicted molar refractivity (Wildman–Crippen MR) is 102 cm³/mol. The fourth-order valence-corrected chi connectivity index (χ4v) is 3.44. The van der Waals surface area contributed by atoms with E-state index in [0.29, 0.717) is 11.7 Å². The quantitative estimate of drug-likeness (QED) is 0.839. The zero-order valence-electron chi connectivity index (χ0n) is 13.6. The first kappa shape index (κ1) is 17.2. The number of amidine groups is 1. The van der Waals surface area contributed by atoms with Crippen LogP contribution in [0.25, 0.3) is 0 Å². The smallest absolute Gasteiger partial charge is 0.240 e. The zero-order chi connectivity index (χ0) is 17.5. The third-order valence-corrected chi connectivity index (χ3v) is 4.82. The maximum Gasteiger partial charge on any atom is 0.240 e. The van der Waals surface area contributed by atoms with Gasteiger partial charge in [0.1, 0.15) is 5.25 Å². The van der Waals surface area contributed by atoms with Gasteiger partial charge in [0, 0.05) is 18.7 Å². The summed E-state index contributed by atoms with van der Waals surface area (Å²) in [5.74, 6) is -0.337. The van der Waals surface area contributed by atoms with Crippen LogP contribution >= 0.6 is 11.8 Å². The van der Waals surface area contributed by atoms with Crippen LogP contribution in [0.4, 0.5) is 5.69 Å².